The van der Waals surface area contributed by atoms with Gasteiger partial charge in [-0.25, -0.2) is 4.79 Å². The summed E-state index contributed by atoms with van der Waals surface area (Å²) in [7, 11) is 0. The number of nitrogens with one attached hydrogen (secondary N) is 1. The molecule has 0 fully saturated rings. The van der Waals surface area contributed by atoms with Crippen LogP contribution in [0, 0.1) is 0 Å². The maximum absolute atomic E-state index is 11.5. The number of carboxylic acids is 1. The van der Waals surface area contributed by atoms with E-state index in [4.69, 9.17) is 16.3 Å². The molecule has 0 spiro atoms. The fraction of sp³-hybridized carbons (Fsp3) is 0.235. The molecule has 0 aliphatic carbocycles. The van der Waals surface area contributed by atoms with E-state index in [-0.39, 0.29) is 6.54 Å². The quantitative estimate of drug-likeness (QED) is 0.821. The van der Waals surface area contributed by atoms with Gasteiger partial charge in [0.05, 0.1) is 0 Å². The van der Waals surface area contributed by atoms with Crippen LogP contribution in [-0.4, -0.2) is 23.2 Å². The zero-order valence-corrected chi connectivity index (χ0v) is 13.0. The molecule has 22 heavy (non-hydrogen) atoms. The van der Waals surface area contributed by atoms with Crippen molar-refractivity contribution in [3.63, 3.8) is 0 Å². The third-order valence-electron chi connectivity index (χ3n) is 3.24. The smallest absolute Gasteiger partial charge is 0.349 e. The van der Waals surface area contributed by atoms with Crippen molar-refractivity contribution in [2.24, 2.45) is 0 Å². The van der Waals surface area contributed by atoms with Gasteiger partial charge in [-0.05, 0) is 36.8 Å². The summed E-state index contributed by atoms with van der Waals surface area (Å²) in [5.41, 5.74) is -0.315. The average molecular weight is 320 g/mol. The van der Waals surface area contributed by atoms with Gasteiger partial charge in [-0.15, -0.1) is 0 Å². The number of carboxylic acid groups (broad SMARTS) is 1. The number of benzene rings is 2. The molecule has 2 N–H and O–H groups in total. The van der Waals surface area contributed by atoms with Gasteiger partial charge < -0.3 is 15.2 Å². The van der Waals surface area contributed by atoms with Crippen LogP contribution in [0.5, 0.6) is 5.75 Å². The lowest BCUT2D eigenvalue weighted by Gasteiger charge is -2.26. The van der Waals surface area contributed by atoms with Crippen LogP contribution in [0.15, 0.2) is 54.6 Å². The van der Waals surface area contributed by atoms with E-state index in [1.165, 1.54) is 0 Å². The Hall–Kier alpha value is -2.04. The standard InChI is InChI=1S/C17H18ClNO3/c1-17(16(20)21,22-15-5-3-2-4-6-15)12-19-11-13-7-9-14(18)10-8-13/h2-10,19H,11-12H2,1H3,(H,20,21). The molecule has 2 aromatic carbocycles. The highest BCUT2D eigenvalue weighted by Gasteiger charge is 2.35. The molecule has 2 aromatic rings. The van der Waals surface area contributed by atoms with Crippen molar-refractivity contribution in [3.8, 4) is 5.75 Å². The maximum atomic E-state index is 11.5. The minimum atomic E-state index is -1.34. The Kier molecular flexibility index (Phi) is 5.41. The lowest BCUT2D eigenvalue weighted by atomic mass is 10.1. The fourth-order valence-corrected chi connectivity index (χ4v) is 2.08. The second-order valence-corrected chi connectivity index (χ2v) is 5.62. The van der Waals surface area contributed by atoms with Crippen molar-refractivity contribution in [1.82, 2.24) is 5.32 Å². The first kappa shape index (κ1) is 16.3. The summed E-state index contributed by atoms with van der Waals surface area (Å²) >= 11 is 5.83. The van der Waals surface area contributed by atoms with Crippen molar-refractivity contribution in [2.75, 3.05) is 6.54 Å². The molecule has 116 valence electrons. The van der Waals surface area contributed by atoms with E-state index in [1.807, 2.05) is 18.2 Å². The first-order valence-corrected chi connectivity index (χ1v) is 7.30. The van der Waals surface area contributed by atoms with Crippen LogP contribution in [-0.2, 0) is 11.3 Å². The normalized spacial score (nSPS) is 13.4. The van der Waals surface area contributed by atoms with Crippen molar-refractivity contribution in [2.45, 2.75) is 19.1 Å². The molecular weight excluding hydrogens is 302 g/mol. The van der Waals surface area contributed by atoms with Gasteiger partial charge >= 0.3 is 5.97 Å². The Labute approximate surface area is 134 Å². The number of carbonyl (C=O) groups is 1. The number of para-hydroxylation sites is 1. The summed E-state index contributed by atoms with van der Waals surface area (Å²) in [4.78, 5) is 11.5. The number of hydrogen-bond acceptors (Lipinski definition) is 3. The predicted octanol–water partition coefficient (Wildman–Crippen LogP) is 3.35. The van der Waals surface area contributed by atoms with E-state index >= 15 is 0 Å². The zero-order valence-electron chi connectivity index (χ0n) is 12.3. The number of halogens is 1. The van der Waals surface area contributed by atoms with E-state index in [0.717, 1.165) is 5.56 Å². The molecule has 0 aromatic heterocycles. The van der Waals surface area contributed by atoms with Crippen molar-refractivity contribution in [3.05, 3.63) is 65.2 Å². The molecule has 0 bridgehead atoms. The predicted molar refractivity (Wildman–Crippen MR) is 86.3 cm³/mol. The second kappa shape index (κ2) is 7.29. The summed E-state index contributed by atoms with van der Waals surface area (Å²) in [6.07, 6.45) is 0. The average Bonchev–Trinajstić information content (AvgIpc) is 2.50. The molecule has 5 heteroatoms. The van der Waals surface area contributed by atoms with E-state index in [2.05, 4.69) is 5.32 Å². The molecule has 0 saturated carbocycles. The van der Waals surface area contributed by atoms with E-state index in [9.17, 15) is 9.90 Å². The monoisotopic (exact) mass is 319 g/mol. The third kappa shape index (κ3) is 4.48. The summed E-state index contributed by atoms with van der Waals surface area (Å²) in [6, 6.07) is 16.3. The first-order valence-electron chi connectivity index (χ1n) is 6.92. The van der Waals surface area contributed by atoms with Crippen LogP contribution in [0.4, 0.5) is 0 Å². The molecule has 1 atom stereocenters. The van der Waals surface area contributed by atoms with Crippen LogP contribution in [0.1, 0.15) is 12.5 Å². The van der Waals surface area contributed by atoms with Gasteiger partial charge in [0.25, 0.3) is 0 Å². The van der Waals surface area contributed by atoms with Crippen LogP contribution < -0.4 is 10.1 Å². The second-order valence-electron chi connectivity index (χ2n) is 5.18. The minimum Gasteiger partial charge on any atom is -0.478 e. The maximum Gasteiger partial charge on any atom is 0.349 e. The highest BCUT2D eigenvalue weighted by molar-refractivity contribution is 6.30. The van der Waals surface area contributed by atoms with Crippen molar-refractivity contribution < 1.29 is 14.6 Å². The van der Waals surface area contributed by atoms with E-state index < -0.39 is 11.6 Å². The molecule has 4 nitrogen and oxygen atoms in total. The Morgan fingerprint density at radius 3 is 2.41 bits per heavy atom. The molecule has 0 saturated heterocycles. The minimum absolute atomic E-state index is 0.180. The van der Waals surface area contributed by atoms with Crippen LogP contribution >= 0.6 is 11.6 Å². The Morgan fingerprint density at radius 1 is 1.18 bits per heavy atom. The zero-order chi connectivity index (χ0) is 16.0. The topological polar surface area (TPSA) is 58.6 Å². The first-order chi connectivity index (χ1) is 10.5. The van der Waals surface area contributed by atoms with Crippen LogP contribution in [0.2, 0.25) is 5.02 Å². The number of aliphatic carboxylic acids is 1. The summed E-state index contributed by atoms with van der Waals surface area (Å²) in [5.74, 6) is -0.486. The largest absolute Gasteiger partial charge is 0.478 e. The third-order valence-corrected chi connectivity index (χ3v) is 3.50. The molecule has 2 rings (SSSR count). The Bertz CT molecular complexity index is 616. The highest BCUT2D eigenvalue weighted by atomic mass is 35.5. The van der Waals surface area contributed by atoms with Crippen LogP contribution in [0.25, 0.3) is 0 Å². The molecular formula is C17H18ClNO3. The molecule has 0 radical (unpaired) electrons. The fourth-order valence-electron chi connectivity index (χ4n) is 1.95. The molecule has 1 unspecified atom stereocenters. The van der Waals surface area contributed by atoms with Crippen LogP contribution in [0.3, 0.4) is 0 Å². The van der Waals surface area contributed by atoms with E-state index in [0.29, 0.717) is 17.3 Å². The molecule has 0 heterocycles. The van der Waals surface area contributed by atoms with E-state index in [1.54, 1.807) is 43.3 Å². The SMILES string of the molecule is CC(CNCc1ccc(Cl)cc1)(Oc1ccccc1)C(=O)O. The Balaban J connectivity index is 1.96. The van der Waals surface area contributed by atoms with Gasteiger partial charge in [-0.1, -0.05) is 41.9 Å². The molecule has 0 amide bonds. The number of rotatable bonds is 7. The van der Waals surface area contributed by atoms with Gasteiger partial charge in [0.2, 0.25) is 5.60 Å². The number of hydrogen-bond donors (Lipinski definition) is 2. The number of ether oxygens (including phenoxy) is 1. The van der Waals surface area contributed by atoms with Gasteiger partial charge in [-0.2, -0.15) is 0 Å². The lowest BCUT2D eigenvalue weighted by Crippen LogP contribution is -2.49. The van der Waals surface area contributed by atoms with Gasteiger partial charge in [0.1, 0.15) is 5.75 Å². The van der Waals surface area contributed by atoms with Crippen molar-refractivity contribution >= 4 is 17.6 Å². The molecule has 0 aliphatic heterocycles. The summed E-state index contributed by atoms with van der Waals surface area (Å²) in [6.45, 7) is 2.27. The Morgan fingerprint density at radius 2 is 1.82 bits per heavy atom. The summed E-state index contributed by atoms with van der Waals surface area (Å²) in [5, 5.41) is 13.2. The lowest BCUT2D eigenvalue weighted by molar-refractivity contribution is -0.153. The van der Waals surface area contributed by atoms with Gasteiger partial charge in [-0.3, -0.25) is 0 Å². The molecule has 0 aliphatic rings. The highest BCUT2D eigenvalue weighted by Crippen LogP contribution is 2.18. The van der Waals surface area contributed by atoms with Gasteiger partial charge in [0.15, 0.2) is 0 Å². The van der Waals surface area contributed by atoms with Crippen molar-refractivity contribution in [1.29, 1.82) is 0 Å². The summed E-state index contributed by atoms with van der Waals surface area (Å²) < 4.78 is 5.64. The van der Waals surface area contributed by atoms with Gasteiger partial charge in [0, 0.05) is 18.1 Å².